The Kier molecular flexibility index (Phi) is 14.5. The van der Waals surface area contributed by atoms with E-state index < -0.39 is 0 Å². The third-order valence-corrected chi connectivity index (χ3v) is 3.22. The van der Waals surface area contributed by atoms with Crippen LogP contribution in [0.25, 0.3) is 0 Å². The van der Waals surface area contributed by atoms with Gasteiger partial charge in [-0.1, -0.05) is 0 Å². The van der Waals surface area contributed by atoms with E-state index in [0.29, 0.717) is 26.4 Å². The fourth-order valence-electron chi connectivity index (χ4n) is 1.94. The summed E-state index contributed by atoms with van der Waals surface area (Å²) in [7, 11) is 5.64. The number of nitrogens with zero attached hydrogens (tertiary/aromatic N) is 3. The molecule has 0 saturated heterocycles. The number of guanidine groups is 1. The van der Waals surface area contributed by atoms with Crippen molar-refractivity contribution in [2.24, 2.45) is 4.99 Å². The van der Waals surface area contributed by atoms with Gasteiger partial charge in [0, 0.05) is 47.1 Å². The fraction of sp³-hybridized carbons (Fsp3) is 0.647. The number of anilines is 1. The molecule has 0 saturated carbocycles. The Morgan fingerprint density at radius 2 is 2.04 bits per heavy atom. The van der Waals surface area contributed by atoms with Gasteiger partial charge in [-0.25, -0.2) is 9.98 Å². The normalized spacial score (nSPS) is 11.0. The van der Waals surface area contributed by atoms with Crippen LogP contribution in [0.1, 0.15) is 18.9 Å². The van der Waals surface area contributed by atoms with Gasteiger partial charge in [0.1, 0.15) is 5.82 Å². The second-order valence-electron chi connectivity index (χ2n) is 5.50. The number of methoxy groups -OCH3 is 1. The van der Waals surface area contributed by atoms with E-state index in [-0.39, 0.29) is 24.0 Å². The molecule has 0 aliphatic carbocycles. The van der Waals surface area contributed by atoms with Crippen LogP contribution in [0.4, 0.5) is 5.82 Å². The van der Waals surface area contributed by atoms with Crippen LogP contribution in [0.5, 0.6) is 0 Å². The predicted octanol–water partition coefficient (Wildman–Crippen LogP) is 1.87. The summed E-state index contributed by atoms with van der Waals surface area (Å²) in [5, 5.41) is 6.57. The Hall–Kier alpha value is -1.13. The number of ether oxygens (including phenoxy) is 2. The molecule has 0 fully saturated rings. The van der Waals surface area contributed by atoms with Gasteiger partial charge in [0.25, 0.3) is 0 Å². The first kappa shape index (κ1) is 23.9. The molecule has 0 aliphatic heterocycles. The molecule has 7 nitrogen and oxygen atoms in total. The van der Waals surface area contributed by atoms with E-state index in [1.54, 1.807) is 7.11 Å². The number of hydrogen-bond acceptors (Lipinski definition) is 5. The second kappa shape index (κ2) is 15.2. The van der Waals surface area contributed by atoms with E-state index >= 15 is 0 Å². The summed E-state index contributed by atoms with van der Waals surface area (Å²) in [6, 6.07) is 4.04. The molecule has 0 spiro atoms. The lowest BCUT2D eigenvalue weighted by molar-refractivity contribution is 0.0698. The first-order valence-corrected chi connectivity index (χ1v) is 8.38. The smallest absolute Gasteiger partial charge is 0.191 e. The highest BCUT2D eigenvalue weighted by molar-refractivity contribution is 14.0. The molecule has 0 aromatic carbocycles. The molecule has 0 amide bonds. The number of aliphatic imine (C=N–C) groups is 1. The van der Waals surface area contributed by atoms with Crippen molar-refractivity contribution in [3.63, 3.8) is 0 Å². The summed E-state index contributed by atoms with van der Waals surface area (Å²) < 4.78 is 10.4. The van der Waals surface area contributed by atoms with Crippen LogP contribution in [0.15, 0.2) is 23.3 Å². The maximum absolute atomic E-state index is 5.44. The maximum atomic E-state index is 5.44. The average molecular weight is 465 g/mol. The molecular weight excluding hydrogens is 433 g/mol. The summed E-state index contributed by atoms with van der Waals surface area (Å²) >= 11 is 0. The molecule has 0 radical (unpaired) electrons. The standard InChI is InChI=1S/C17H31N5O2.HI/c1-5-18-17(20-8-6-10-24-12-11-23-4)21-14-15-7-9-19-16(13-15)22(2)3;/h7,9,13H,5-6,8,10-12,14H2,1-4H3,(H2,18,20,21);1H. The number of halogens is 1. The molecule has 0 atom stereocenters. The third kappa shape index (κ3) is 11.2. The van der Waals surface area contributed by atoms with Crippen molar-refractivity contribution in [2.45, 2.75) is 19.9 Å². The van der Waals surface area contributed by atoms with Gasteiger partial charge < -0.3 is 25.0 Å². The van der Waals surface area contributed by atoms with Gasteiger partial charge in [-0.05, 0) is 31.0 Å². The van der Waals surface area contributed by atoms with E-state index in [0.717, 1.165) is 36.9 Å². The number of pyridine rings is 1. The minimum absolute atomic E-state index is 0. The second-order valence-corrected chi connectivity index (χ2v) is 5.50. The van der Waals surface area contributed by atoms with Gasteiger partial charge in [0.2, 0.25) is 0 Å². The zero-order valence-electron chi connectivity index (χ0n) is 15.7. The Balaban J connectivity index is 0.00000576. The van der Waals surface area contributed by atoms with Crippen LogP contribution in [0.2, 0.25) is 0 Å². The first-order valence-electron chi connectivity index (χ1n) is 8.38. The van der Waals surface area contributed by atoms with E-state index in [4.69, 9.17) is 9.47 Å². The van der Waals surface area contributed by atoms with Gasteiger partial charge in [0.05, 0.1) is 19.8 Å². The largest absolute Gasteiger partial charge is 0.382 e. The molecule has 2 N–H and O–H groups in total. The molecule has 1 aromatic heterocycles. The van der Waals surface area contributed by atoms with Crippen LogP contribution in [-0.2, 0) is 16.0 Å². The van der Waals surface area contributed by atoms with Gasteiger partial charge in [0.15, 0.2) is 5.96 Å². The van der Waals surface area contributed by atoms with Gasteiger partial charge in [-0.3, -0.25) is 0 Å². The molecule has 0 aliphatic rings. The zero-order chi connectivity index (χ0) is 17.6. The number of aromatic nitrogens is 1. The predicted molar refractivity (Wildman–Crippen MR) is 114 cm³/mol. The van der Waals surface area contributed by atoms with Gasteiger partial charge >= 0.3 is 0 Å². The molecule has 0 unspecified atom stereocenters. The summed E-state index contributed by atoms with van der Waals surface area (Å²) in [6.45, 7) is 6.31. The maximum Gasteiger partial charge on any atom is 0.191 e. The zero-order valence-corrected chi connectivity index (χ0v) is 18.1. The van der Waals surface area contributed by atoms with Crippen molar-refractivity contribution in [1.29, 1.82) is 0 Å². The monoisotopic (exact) mass is 465 g/mol. The Labute approximate surface area is 168 Å². The number of nitrogens with one attached hydrogen (secondary N) is 2. The molecular formula is C17H32IN5O2. The molecule has 1 heterocycles. The highest BCUT2D eigenvalue weighted by Crippen LogP contribution is 2.10. The minimum Gasteiger partial charge on any atom is -0.382 e. The number of rotatable bonds is 11. The van der Waals surface area contributed by atoms with Gasteiger partial charge in [-0.15, -0.1) is 24.0 Å². The van der Waals surface area contributed by atoms with E-state index in [1.807, 2.05) is 31.3 Å². The average Bonchev–Trinajstić information content (AvgIpc) is 2.59. The van der Waals surface area contributed by atoms with Crippen LogP contribution in [-0.4, -0.2) is 65.1 Å². The summed E-state index contributed by atoms with van der Waals surface area (Å²) in [5.74, 6) is 1.76. The molecule has 144 valence electrons. The fourth-order valence-corrected chi connectivity index (χ4v) is 1.94. The summed E-state index contributed by atoms with van der Waals surface area (Å²) in [6.07, 6.45) is 2.74. The van der Waals surface area contributed by atoms with Crippen molar-refractivity contribution in [1.82, 2.24) is 15.6 Å². The molecule has 1 rings (SSSR count). The third-order valence-electron chi connectivity index (χ3n) is 3.22. The molecule has 0 bridgehead atoms. The SMILES string of the molecule is CCNC(=NCc1ccnc(N(C)C)c1)NCCCOCCOC.I. The number of hydrogen-bond donors (Lipinski definition) is 2. The first-order chi connectivity index (χ1) is 11.7. The Morgan fingerprint density at radius 3 is 2.72 bits per heavy atom. The summed E-state index contributed by atoms with van der Waals surface area (Å²) in [5.41, 5.74) is 1.13. The van der Waals surface area contributed by atoms with Crippen LogP contribution < -0.4 is 15.5 Å². The molecule has 25 heavy (non-hydrogen) atoms. The van der Waals surface area contributed by atoms with Crippen LogP contribution in [0, 0.1) is 0 Å². The van der Waals surface area contributed by atoms with Crippen LogP contribution in [0.3, 0.4) is 0 Å². The quantitative estimate of drug-likeness (QED) is 0.225. The van der Waals surface area contributed by atoms with Crippen LogP contribution >= 0.6 is 24.0 Å². The highest BCUT2D eigenvalue weighted by Gasteiger charge is 2.01. The lowest BCUT2D eigenvalue weighted by Gasteiger charge is -2.13. The topological polar surface area (TPSA) is 71.0 Å². The van der Waals surface area contributed by atoms with Crippen molar-refractivity contribution in [3.8, 4) is 0 Å². The summed E-state index contributed by atoms with van der Waals surface area (Å²) in [4.78, 5) is 10.9. The Bertz CT molecular complexity index is 486. The lowest BCUT2D eigenvalue weighted by atomic mass is 10.2. The van der Waals surface area contributed by atoms with Crippen molar-refractivity contribution in [3.05, 3.63) is 23.9 Å². The Morgan fingerprint density at radius 1 is 1.24 bits per heavy atom. The van der Waals surface area contributed by atoms with Gasteiger partial charge in [-0.2, -0.15) is 0 Å². The van der Waals surface area contributed by atoms with E-state index in [1.165, 1.54) is 0 Å². The highest BCUT2D eigenvalue weighted by atomic mass is 127. The lowest BCUT2D eigenvalue weighted by Crippen LogP contribution is -2.38. The minimum atomic E-state index is 0. The van der Waals surface area contributed by atoms with Crippen molar-refractivity contribution >= 4 is 35.8 Å². The van der Waals surface area contributed by atoms with Crippen molar-refractivity contribution < 1.29 is 9.47 Å². The van der Waals surface area contributed by atoms with E-state index in [9.17, 15) is 0 Å². The van der Waals surface area contributed by atoms with Crippen molar-refractivity contribution in [2.75, 3.05) is 59.0 Å². The van der Waals surface area contributed by atoms with E-state index in [2.05, 4.69) is 33.6 Å². The molecule has 1 aromatic rings. The molecule has 8 heteroatoms.